The molecule has 0 N–H and O–H groups in total. The summed E-state index contributed by atoms with van der Waals surface area (Å²) in [4.78, 5) is 11.8. The fourth-order valence-electron chi connectivity index (χ4n) is 3.80. The lowest BCUT2D eigenvalue weighted by atomic mass is 9.88. The number of rotatable bonds is 15. The van der Waals surface area contributed by atoms with Crippen molar-refractivity contribution in [2.75, 3.05) is 0 Å². The highest BCUT2D eigenvalue weighted by Gasteiger charge is 2.34. The first-order chi connectivity index (χ1) is 11.4. The molecule has 2 atom stereocenters. The van der Waals surface area contributed by atoms with Gasteiger partial charge in [-0.3, -0.25) is 4.79 Å². The van der Waals surface area contributed by atoms with Gasteiger partial charge in [-0.05, 0) is 24.7 Å². The van der Waals surface area contributed by atoms with E-state index in [1.54, 1.807) is 0 Å². The molecule has 1 fully saturated rings. The second kappa shape index (κ2) is 12.1. The number of hydrogen-bond donors (Lipinski definition) is 0. The van der Waals surface area contributed by atoms with E-state index in [4.69, 9.17) is 0 Å². The molecule has 1 nitrogen and oxygen atoms in total. The van der Waals surface area contributed by atoms with Crippen LogP contribution in [0.2, 0.25) is 0 Å². The highest BCUT2D eigenvalue weighted by molar-refractivity contribution is 5.83. The Morgan fingerprint density at radius 2 is 1.21 bits per heavy atom. The van der Waals surface area contributed by atoms with Crippen LogP contribution in [0.4, 0.5) is 0 Å². The maximum absolute atomic E-state index is 11.8. The third kappa shape index (κ3) is 10.5. The van der Waals surface area contributed by atoms with E-state index in [1.165, 1.54) is 83.5 Å². The van der Waals surface area contributed by atoms with Crippen molar-refractivity contribution in [3.05, 3.63) is 0 Å². The highest BCUT2D eigenvalue weighted by atomic mass is 16.1. The van der Waals surface area contributed by atoms with Gasteiger partial charge < -0.3 is 0 Å². The van der Waals surface area contributed by atoms with Gasteiger partial charge in [0.2, 0.25) is 0 Å². The van der Waals surface area contributed by atoms with Crippen LogP contribution < -0.4 is 0 Å². The molecule has 0 spiro atoms. The quantitative estimate of drug-likeness (QED) is 0.280. The van der Waals surface area contributed by atoms with Crippen molar-refractivity contribution in [1.29, 1.82) is 0 Å². The van der Waals surface area contributed by atoms with Crippen LogP contribution >= 0.6 is 0 Å². The number of unbranched alkanes of at least 4 members (excludes halogenated alkanes) is 9. The molecule has 1 rings (SSSR count). The Kier molecular flexibility index (Phi) is 10.9. The van der Waals surface area contributed by atoms with Crippen LogP contribution in [-0.4, -0.2) is 5.78 Å². The van der Waals surface area contributed by atoms with E-state index in [-0.39, 0.29) is 5.41 Å². The second-order valence-corrected chi connectivity index (χ2v) is 9.29. The van der Waals surface area contributed by atoms with Crippen molar-refractivity contribution < 1.29 is 4.79 Å². The monoisotopic (exact) mass is 336 g/mol. The largest absolute Gasteiger partial charge is 0.299 e. The predicted molar refractivity (Wildman–Crippen MR) is 106 cm³/mol. The van der Waals surface area contributed by atoms with Gasteiger partial charge in [-0.2, -0.15) is 0 Å². The Labute approximate surface area is 152 Å². The Morgan fingerprint density at radius 1 is 0.750 bits per heavy atom. The number of carbonyl (C=O) groups excluding carboxylic acids is 1. The SMILES string of the molecule is CCCCCCC1CC1CCCCCCCCCC(=O)C(C)(C)C. The van der Waals surface area contributed by atoms with Crippen LogP contribution in [0.25, 0.3) is 0 Å². The van der Waals surface area contributed by atoms with Gasteiger partial charge in [-0.25, -0.2) is 0 Å². The molecule has 0 aromatic rings. The summed E-state index contributed by atoms with van der Waals surface area (Å²) in [6.07, 6.45) is 20.4. The van der Waals surface area contributed by atoms with Crippen LogP contribution in [0.15, 0.2) is 0 Å². The van der Waals surface area contributed by atoms with Crippen LogP contribution in [0, 0.1) is 17.3 Å². The summed E-state index contributed by atoms with van der Waals surface area (Å²) in [5.41, 5.74) is -0.142. The Hall–Kier alpha value is -0.330. The van der Waals surface area contributed by atoms with Crippen LogP contribution in [0.1, 0.15) is 124 Å². The maximum atomic E-state index is 11.8. The highest BCUT2D eigenvalue weighted by Crippen LogP contribution is 2.45. The van der Waals surface area contributed by atoms with Gasteiger partial charge in [0.15, 0.2) is 0 Å². The van der Waals surface area contributed by atoms with E-state index >= 15 is 0 Å². The van der Waals surface area contributed by atoms with Gasteiger partial charge in [0.05, 0.1) is 0 Å². The van der Waals surface area contributed by atoms with Crippen molar-refractivity contribution in [1.82, 2.24) is 0 Å². The number of ketones is 1. The number of carbonyl (C=O) groups is 1. The lowest BCUT2D eigenvalue weighted by molar-refractivity contribution is -0.126. The summed E-state index contributed by atoms with van der Waals surface area (Å²) in [6.45, 7) is 8.40. The summed E-state index contributed by atoms with van der Waals surface area (Å²) in [6, 6.07) is 0. The molecule has 0 bridgehead atoms. The van der Waals surface area contributed by atoms with Gasteiger partial charge in [0, 0.05) is 11.8 Å². The molecule has 0 heterocycles. The van der Waals surface area contributed by atoms with E-state index in [0.717, 1.165) is 24.7 Å². The molecule has 0 amide bonds. The zero-order valence-corrected chi connectivity index (χ0v) is 17.2. The number of Topliss-reactive ketones (excluding diaryl/α,β-unsaturated/α-hetero) is 1. The molecule has 1 aliphatic rings. The molecule has 0 saturated heterocycles. The van der Waals surface area contributed by atoms with E-state index in [9.17, 15) is 4.79 Å². The molecular formula is C23H44O. The van der Waals surface area contributed by atoms with Crippen molar-refractivity contribution in [3.63, 3.8) is 0 Å². The summed E-state index contributed by atoms with van der Waals surface area (Å²) in [5.74, 6) is 2.62. The normalized spacial score (nSPS) is 20.3. The first-order valence-corrected chi connectivity index (χ1v) is 11.0. The molecular weight excluding hydrogens is 292 g/mol. The summed E-state index contributed by atoms with van der Waals surface area (Å²) >= 11 is 0. The second-order valence-electron chi connectivity index (χ2n) is 9.29. The van der Waals surface area contributed by atoms with E-state index in [1.807, 2.05) is 20.8 Å². The van der Waals surface area contributed by atoms with Crippen molar-refractivity contribution in [3.8, 4) is 0 Å². The predicted octanol–water partition coefficient (Wildman–Crippen LogP) is 7.72. The van der Waals surface area contributed by atoms with Crippen LogP contribution in [0.5, 0.6) is 0 Å². The van der Waals surface area contributed by atoms with Crippen molar-refractivity contribution in [2.45, 2.75) is 124 Å². The molecule has 1 heteroatoms. The van der Waals surface area contributed by atoms with Crippen LogP contribution in [0.3, 0.4) is 0 Å². The van der Waals surface area contributed by atoms with Gasteiger partial charge in [0.25, 0.3) is 0 Å². The lowest BCUT2D eigenvalue weighted by Gasteiger charge is -2.16. The molecule has 2 unspecified atom stereocenters. The van der Waals surface area contributed by atoms with Gasteiger partial charge in [-0.15, -0.1) is 0 Å². The van der Waals surface area contributed by atoms with Crippen molar-refractivity contribution >= 4 is 5.78 Å². The lowest BCUT2D eigenvalue weighted by Crippen LogP contribution is -2.19. The average molecular weight is 337 g/mol. The molecule has 0 radical (unpaired) electrons. The standard InChI is InChI=1S/C23H44O/c1-5-6-7-13-16-20-19-21(20)17-14-11-9-8-10-12-15-18-22(24)23(2,3)4/h20-21H,5-19H2,1-4H3. The molecule has 1 saturated carbocycles. The molecule has 24 heavy (non-hydrogen) atoms. The van der Waals surface area contributed by atoms with Gasteiger partial charge in [0.1, 0.15) is 5.78 Å². The zero-order valence-electron chi connectivity index (χ0n) is 17.2. The molecule has 142 valence electrons. The van der Waals surface area contributed by atoms with E-state index < -0.39 is 0 Å². The number of hydrogen-bond acceptors (Lipinski definition) is 1. The van der Waals surface area contributed by atoms with E-state index in [2.05, 4.69) is 6.92 Å². The fraction of sp³-hybridized carbons (Fsp3) is 0.957. The smallest absolute Gasteiger partial charge is 0.138 e. The first kappa shape index (κ1) is 21.7. The van der Waals surface area contributed by atoms with Crippen molar-refractivity contribution in [2.24, 2.45) is 17.3 Å². The molecule has 0 aromatic carbocycles. The average Bonchev–Trinajstić information content (AvgIpc) is 3.27. The molecule has 1 aliphatic carbocycles. The summed E-state index contributed by atoms with van der Waals surface area (Å²) < 4.78 is 0. The van der Waals surface area contributed by atoms with E-state index in [0.29, 0.717) is 5.78 Å². The third-order valence-corrected chi connectivity index (χ3v) is 5.81. The Bertz CT molecular complexity index is 325. The topological polar surface area (TPSA) is 17.1 Å². The van der Waals surface area contributed by atoms with Crippen LogP contribution in [-0.2, 0) is 4.79 Å². The third-order valence-electron chi connectivity index (χ3n) is 5.81. The van der Waals surface area contributed by atoms with Gasteiger partial charge in [-0.1, -0.05) is 105 Å². The van der Waals surface area contributed by atoms with Gasteiger partial charge >= 0.3 is 0 Å². The zero-order chi connectivity index (χ0) is 17.8. The molecule has 0 aromatic heterocycles. The minimum atomic E-state index is -0.142. The Balaban J connectivity index is 1.80. The first-order valence-electron chi connectivity index (χ1n) is 11.0. The fourth-order valence-corrected chi connectivity index (χ4v) is 3.80. The Morgan fingerprint density at radius 3 is 1.71 bits per heavy atom. The molecule has 0 aliphatic heterocycles. The minimum Gasteiger partial charge on any atom is -0.299 e. The summed E-state index contributed by atoms with van der Waals surface area (Å²) in [5, 5.41) is 0. The minimum absolute atomic E-state index is 0.142. The summed E-state index contributed by atoms with van der Waals surface area (Å²) in [7, 11) is 0. The maximum Gasteiger partial charge on any atom is 0.138 e.